The summed E-state index contributed by atoms with van der Waals surface area (Å²) in [5.41, 5.74) is 2.37. The van der Waals surface area contributed by atoms with Gasteiger partial charge in [-0.15, -0.1) is 0 Å². The van der Waals surface area contributed by atoms with Gasteiger partial charge in [-0.2, -0.15) is 0 Å². The highest BCUT2D eigenvalue weighted by Gasteiger charge is 2.15. The Kier molecular flexibility index (Phi) is 7.08. The van der Waals surface area contributed by atoms with E-state index < -0.39 is 0 Å². The number of halogens is 1. The van der Waals surface area contributed by atoms with Crippen molar-refractivity contribution >= 4 is 37.4 Å². The third kappa shape index (κ3) is 4.86. The first-order valence-electron chi connectivity index (χ1n) is 8.88. The number of benzene rings is 2. The van der Waals surface area contributed by atoms with Crippen LogP contribution >= 0.6 is 27.3 Å². The molecule has 0 spiro atoms. The second-order valence-electron chi connectivity index (χ2n) is 6.35. The SMILES string of the molecule is CN(CCO)CCCCOc1sc2ccccc2c1-c1ccc(Br)cc1. The summed E-state index contributed by atoms with van der Waals surface area (Å²) in [4.78, 5) is 2.15. The maximum Gasteiger partial charge on any atom is 0.182 e. The standard InChI is InChI=1S/C21H24BrNO2S/c1-23(13-14-24)12-4-5-15-25-21-20(16-8-10-17(22)11-9-16)18-6-2-3-7-19(18)26-21/h2-3,6-11,24H,4-5,12-15H2,1H3. The molecule has 3 rings (SSSR count). The number of likely N-dealkylation sites (N-methyl/N-ethyl adjacent to an activating group) is 1. The van der Waals surface area contributed by atoms with Crippen molar-refractivity contribution in [2.24, 2.45) is 0 Å². The minimum absolute atomic E-state index is 0.214. The van der Waals surface area contributed by atoms with Crippen LogP contribution in [0.5, 0.6) is 5.06 Å². The molecular formula is C21H24BrNO2S. The molecule has 0 saturated carbocycles. The van der Waals surface area contributed by atoms with E-state index in [1.807, 2.05) is 7.05 Å². The lowest BCUT2D eigenvalue weighted by Crippen LogP contribution is -2.23. The molecule has 0 atom stereocenters. The van der Waals surface area contributed by atoms with Crippen LogP contribution in [0.25, 0.3) is 21.2 Å². The van der Waals surface area contributed by atoms with Crippen molar-refractivity contribution in [3.63, 3.8) is 0 Å². The van der Waals surface area contributed by atoms with Crippen LogP contribution in [0.1, 0.15) is 12.8 Å². The second kappa shape index (κ2) is 9.51. The molecule has 0 radical (unpaired) electrons. The zero-order chi connectivity index (χ0) is 18.4. The zero-order valence-electron chi connectivity index (χ0n) is 15.0. The Bertz CT molecular complexity index is 832. The summed E-state index contributed by atoms with van der Waals surface area (Å²) >= 11 is 5.23. The Hall–Kier alpha value is -1.40. The van der Waals surface area contributed by atoms with Crippen molar-refractivity contribution in [1.82, 2.24) is 4.90 Å². The monoisotopic (exact) mass is 433 g/mol. The number of ether oxygens (including phenoxy) is 1. The highest BCUT2D eigenvalue weighted by Crippen LogP contribution is 2.44. The van der Waals surface area contributed by atoms with E-state index in [1.54, 1.807) is 11.3 Å². The number of hydrogen-bond donors (Lipinski definition) is 1. The highest BCUT2D eigenvalue weighted by atomic mass is 79.9. The van der Waals surface area contributed by atoms with E-state index in [1.165, 1.54) is 21.2 Å². The number of unbranched alkanes of at least 4 members (excludes halogenated alkanes) is 1. The molecule has 3 nitrogen and oxygen atoms in total. The van der Waals surface area contributed by atoms with Gasteiger partial charge < -0.3 is 14.7 Å². The fourth-order valence-electron chi connectivity index (χ4n) is 2.95. The third-order valence-corrected chi connectivity index (χ3v) is 5.96. The summed E-state index contributed by atoms with van der Waals surface area (Å²) in [6.07, 6.45) is 2.07. The van der Waals surface area contributed by atoms with E-state index in [2.05, 4.69) is 69.4 Å². The smallest absolute Gasteiger partial charge is 0.182 e. The Labute approximate surface area is 167 Å². The molecule has 0 aliphatic carbocycles. The van der Waals surface area contributed by atoms with Gasteiger partial charge in [0, 0.05) is 26.7 Å². The van der Waals surface area contributed by atoms with Crippen molar-refractivity contribution in [2.45, 2.75) is 12.8 Å². The summed E-state index contributed by atoms with van der Waals surface area (Å²) < 4.78 is 8.52. The minimum Gasteiger partial charge on any atom is -0.483 e. The van der Waals surface area contributed by atoms with Crippen LogP contribution in [0.2, 0.25) is 0 Å². The van der Waals surface area contributed by atoms with E-state index in [0.717, 1.165) is 35.5 Å². The minimum atomic E-state index is 0.214. The van der Waals surface area contributed by atoms with Crippen LogP contribution in [0.4, 0.5) is 0 Å². The van der Waals surface area contributed by atoms with Gasteiger partial charge in [-0.3, -0.25) is 0 Å². The Morgan fingerprint density at radius 1 is 1.04 bits per heavy atom. The van der Waals surface area contributed by atoms with E-state index in [9.17, 15) is 0 Å². The molecule has 0 aliphatic heterocycles. The first kappa shape index (κ1) is 19.4. The Balaban J connectivity index is 1.72. The largest absolute Gasteiger partial charge is 0.483 e. The first-order valence-corrected chi connectivity index (χ1v) is 10.5. The summed E-state index contributed by atoms with van der Waals surface area (Å²) in [6.45, 7) is 2.63. The number of hydrogen-bond acceptors (Lipinski definition) is 4. The molecule has 0 saturated heterocycles. The molecule has 0 bridgehead atoms. The van der Waals surface area contributed by atoms with Crippen molar-refractivity contribution in [2.75, 3.05) is 33.4 Å². The molecule has 138 valence electrons. The summed E-state index contributed by atoms with van der Waals surface area (Å²) in [5, 5.41) is 11.2. The summed E-state index contributed by atoms with van der Waals surface area (Å²) in [5.74, 6) is 0. The van der Waals surface area contributed by atoms with Gasteiger partial charge in [0.1, 0.15) is 0 Å². The predicted molar refractivity (Wildman–Crippen MR) is 114 cm³/mol. The van der Waals surface area contributed by atoms with Gasteiger partial charge in [-0.1, -0.05) is 57.6 Å². The average Bonchev–Trinajstić information content (AvgIpc) is 3.01. The lowest BCUT2D eigenvalue weighted by Gasteiger charge is -2.14. The molecule has 26 heavy (non-hydrogen) atoms. The van der Waals surface area contributed by atoms with Gasteiger partial charge in [0.05, 0.1) is 13.2 Å². The highest BCUT2D eigenvalue weighted by molar-refractivity contribution is 9.10. The number of aliphatic hydroxyl groups is 1. The average molecular weight is 434 g/mol. The van der Waals surface area contributed by atoms with Crippen molar-refractivity contribution in [3.05, 3.63) is 53.0 Å². The molecule has 3 aromatic rings. The Morgan fingerprint density at radius 3 is 2.58 bits per heavy atom. The molecular weight excluding hydrogens is 410 g/mol. The van der Waals surface area contributed by atoms with Gasteiger partial charge in [0.15, 0.2) is 5.06 Å². The molecule has 0 fully saturated rings. The van der Waals surface area contributed by atoms with Crippen LogP contribution in [-0.4, -0.2) is 43.4 Å². The fourth-order valence-corrected chi connectivity index (χ4v) is 4.31. The third-order valence-electron chi connectivity index (χ3n) is 4.35. The van der Waals surface area contributed by atoms with Crippen LogP contribution in [-0.2, 0) is 0 Å². The molecule has 2 aromatic carbocycles. The van der Waals surface area contributed by atoms with Crippen LogP contribution in [0.3, 0.4) is 0 Å². The topological polar surface area (TPSA) is 32.7 Å². The van der Waals surface area contributed by atoms with Crippen molar-refractivity contribution in [3.8, 4) is 16.2 Å². The quantitative estimate of drug-likeness (QED) is 0.457. The number of rotatable bonds is 9. The van der Waals surface area contributed by atoms with Gasteiger partial charge in [0.25, 0.3) is 0 Å². The first-order chi connectivity index (χ1) is 12.7. The lowest BCUT2D eigenvalue weighted by atomic mass is 10.0. The maximum atomic E-state index is 8.95. The van der Waals surface area contributed by atoms with Crippen LogP contribution < -0.4 is 4.74 Å². The Morgan fingerprint density at radius 2 is 1.81 bits per heavy atom. The van der Waals surface area contributed by atoms with Gasteiger partial charge in [-0.05, 0) is 50.2 Å². The molecule has 0 unspecified atom stereocenters. The summed E-state index contributed by atoms with van der Waals surface area (Å²) in [7, 11) is 2.04. The van der Waals surface area contributed by atoms with Crippen molar-refractivity contribution in [1.29, 1.82) is 0 Å². The molecule has 1 N–H and O–H groups in total. The molecule has 1 aromatic heterocycles. The van der Waals surface area contributed by atoms with Gasteiger partial charge in [-0.25, -0.2) is 0 Å². The van der Waals surface area contributed by atoms with Crippen molar-refractivity contribution < 1.29 is 9.84 Å². The zero-order valence-corrected chi connectivity index (χ0v) is 17.4. The van der Waals surface area contributed by atoms with Gasteiger partial charge in [0.2, 0.25) is 0 Å². The number of fused-ring (bicyclic) bond motifs is 1. The van der Waals surface area contributed by atoms with Crippen LogP contribution in [0, 0.1) is 0 Å². The van der Waals surface area contributed by atoms with E-state index in [0.29, 0.717) is 6.61 Å². The van der Waals surface area contributed by atoms with E-state index >= 15 is 0 Å². The molecule has 0 amide bonds. The maximum absolute atomic E-state index is 8.95. The number of thiophene rings is 1. The second-order valence-corrected chi connectivity index (χ2v) is 8.28. The molecule has 0 aliphatic rings. The normalized spacial score (nSPS) is 11.4. The van der Waals surface area contributed by atoms with E-state index in [-0.39, 0.29) is 6.61 Å². The van der Waals surface area contributed by atoms with Gasteiger partial charge >= 0.3 is 0 Å². The fraction of sp³-hybridized carbons (Fsp3) is 0.333. The molecule has 1 heterocycles. The predicted octanol–water partition coefficient (Wildman–Crippen LogP) is 5.41. The van der Waals surface area contributed by atoms with Crippen LogP contribution in [0.15, 0.2) is 53.0 Å². The summed E-state index contributed by atoms with van der Waals surface area (Å²) in [6, 6.07) is 16.9. The number of aliphatic hydroxyl groups excluding tert-OH is 1. The van der Waals surface area contributed by atoms with E-state index in [4.69, 9.17) is 9.84 Å². The number of nitrogens with zero attached hydrogens (tertiary/aromatic N) is 1. The lowest BCUT2D eigenvalue weighted by molar-refractivity contribution is 0.215. The molecule has 5 heteroatoms.